The second-order valence-corrected chi connectivity index (χ2v) is 7.25. The maximum atomic E-state index is 12.1. The fourth-order valence-corrected chi connectivity index (χ4v) is 3.33. The number of nitrogens with zero attached hydrogens (tertiary/aromatic N) is 5. The van der Waals surface area contributed by atoms with Crippen molar-refractivity contribution in [2.45, 2.75) is 25.2 Å². The molecule has 0 spiro atoms. The Bertz CT molecular complexity index is 1020. The van der Waals surface area contributed by atoms with Crippen molar-refractivity contribution in [3.8, 4) is 0 Å². The van der Waals surface area contributed by atoms with E-state index in [1.165, 1.54) is 18.0 Å². The Kier molecular flexibility index (Phi) is 7.73. The summed E-state index contributed by atoms with van der Waals surface area (Å²) in [6, 6.07) is 15.5. The summed E-state index contributed by atoms with van der Waals surface area (Å²) < 4.78 is 1.93. The van der Waals surface area contributed by atoms with Gasteiger partial charge in [-0.05, 0) is 31.2 Å². The largest absolute Gasteiger partial charge is 0.378 e. The molecule has 2 aromatic heterocycles. The predicted octanol–water partition coefficient (Wildman–Crippen LogP) is 3.02. The van der Waals surface area contributed by atoms with Crippen molar-refractivity contribution in [3.05, 3.63) is 78.4 Å². The van der Waals surface area contributed by atoms with Crippen molar-refractivity contribution >= 4 is 29.6 Å². The number of aryl methyl sites for hydroxylation is 1. The fourth-order valence-electron chi connectivity index (χ4n) is 2.57. The van der Waals surface area contributed by atoms with E-state index < -0.39 is 0 Å². The van der Waals surface area contributed by atoms with E-state index in [9.17, 15) is 4.79 Å². The highest BCUT2D eigenvalue weighted by Gasteiger charge is 2.13. The van der Waals surface area contributed by atoms with Gasteiger partial charge in [0.2, 0.25) is 0 Å². The Morgan fingerprint density at radius 1 is 1.20 bits per heavy atom. The monoisotopic (exact) mass is 421 g/mol. The van der Waals surface area contributed by atoms with Gasteiger partial charge in [0.25, 0.3) is 5.91 Å². The third kappa shape index (κ3) is 6.28. The molecule has 0 saturated carbocycles. The van der Waals surface area contributed by atoms with Gasteiger partial charge in [-0.1, -0.05) is 42.1 Å². The highest BCUT2D eigenvalue weighted by atomic mass is 32.2. The lowest BCUT2D eigenvalue weighted by Crippen LogP contribution is -2.20. The fraction of sp³-hybridized carbons (Fsp3) is 0.190. The molecular weight excluding hydrogens is 398 g/mol. The van der Waals surface area contributed by atoms with Crippen LogP contribution >= 0.6 is 11.8 Å². The van der Waals surface area contributed by atoms with Crippen LogP contribution in [0.15, 0.2) is 71.4 Å². The SMILES string of the molecule is C=CCn1c(CNc2ccccc2)nnc1SCC(=O)N/N=C\c1cccc(C)n1. The van der Waals surface area contributed by atoms with Crippen molar-refractivity contribution in [2.75, 3.05) is 11.1 Å². The number of amides is 1. The summed E-state index contributed by atoms with van der Waals surface area (Å²) in [6.07, 6.45) is 3.29. The van der Waals surface area contributed by atoms with Gasteiger partial charge in [0.1, 0.15) is 0 Å². The van der Waals surface area contributed by atoms with Crippen molar-refractivity contribution in [1.82, 2.24) is 25.2 Å². The number of carbonyl (C=O) groups excluding carboxylic acids is 1. The van der Waals surface area contributed by atoms with E-state index >= 15 is 0 Å². The van der Waals surface area contributed by atoms with E-state index in [0.717, 1.165) is 17.2 Å². The number of para-hydroxylation sites is 1. The molecule has 0 aliphatic heterocycles. The van der Waals surface area contributed by atoms with Crippen LogP contribution in [-0.4, -0.2) is 37.6 Å². The van der Waals surface area contributed by atoms with Crippen molar-refractivity contribution in [1.29, 1.82) is 0 Å². The van der Waals surface area contributed by atoms with Gasteiger partial charge in [-0.25, -0.2) is 5.43 Å². The molecule has 2 heterocycles. The van der Waals surface area contributed by atoms with E-state index in [1.807, 2.05) is 60.0 Å². The first-order valence-electron chi connectivity index (χ1n) is 9.36. The minimum Gasteiger partial charge on any atom is -0.378 e. The molecule has 2 N–H and O–H groups in total. The topological polar surface area (TPSA) is 97.1 Å². The molecule has 3 aromatic rings. The van der Waals surface area contributed by atoms with Gasteiger partial charge in [-0.2, -0.15) is 5.10 Å². The van der Waals surface area contributed by atoms with E-state index in [-0.39, 0.29) is 11.7 Å². The normalized spacial score (nSPS) is 10.8. The van der Waals surface area contributed by atoms with Crippen molar-refractivity contribution in [2.24, 2.45) is 5.10 Å². The molecule has 0 atom stereocenters. The Morgan fingerprint density at radius 3 is 2.80 bits per heavy atom. The van der Waals surface area contributed by atoms with Crippen LogP contribution in [0, 0.1) is 6.92 Å². The minimum absolute atomic E-state index is 0.167. The second-order valence-electron chi connectivity index (χ2n) is 6.30. The number of rotatable bonds is 10. The van der Waals surface area contributed by atoms with Gasteiger partial charge >= 0.3 is 0 Å². The average Bonchev–Trinajstić information content (AvgIpc) is 3.13. The molecule has 154 valence electrons. The summed E-state index contributed by atoms with van der Waals surface area (Å²) in [5.74, 6) is 0.700. The summed E-state index contributed by atoms with van der Waals surface area (Å²) in [7, 11) is 0. The maximum absolute atomic E-state index is 12.1. The number of nitrogens with one attached hydrogen (secondary N) is 2. The van der Waals surface area contributed by atoms with Crippen LogP contribution in [0.4, 0.5) is 5.69 Å². The first-order chi connectivity index (χ1) is 14.7. The zero-order valence-electron chi connectivity index (χ0n) is 16.7. The molecule has 1 amide bonds. The number of benzene rings is 1. The van der Waals surface area contributed by atoms with Gasteiger partial charge in [-0.15, -0.1) is 16.8 Å². The highest BCUT2D eigenvalue weighted by molar-refractivity contribution is 7.99. The van der Waals surface area contributed by atoms with E-state index in [2.05, 4.69) is 37.6 Å². The number of pyridine rings is 1. The van der Waals surface area contributed by atoms with E-state index in [1.54, 1.807) is 6.08 Å². The summed E-state index contributed by atoms with van der Waals surface area (Å²) >= 11 is 1.30. The smallest absolute Gasteiger partial charge is 0.250 e. The number of hydrogen-bond acceptors (Lipinski definition) is 7. The highest BCUT2D eigenvalue weighted by Crippen LogP contribution is 2.18. The number of hydrogen-bond donors (Lipinski definition) is 2. The van der Waals surface area contributed by atoms with Gasteiger partial charge < -0.3 is 9.88 Å². The Balaban J connectivity index is 1.54. The van der Waals surface area contributed by atoms with Crippen molar-refractivity contribution in [3.63, 3.8) is 0 Å². The van der Waals surface area contributed by atoms with E-state index in [0.29, 0.717) is 23.9 Å². The van der Waals surface area contributed by atoms with Gasteiger partial charge in [0.05, 0.1) is 24.2 Å². The second kappa shape index (κ2) is 10.9. The molecule has 0 fully saturated rings. The first-order valence-corrected chi connectivity index (χ1v) is 10.3. The van der Waals surface area contributed by atoms with Crippen LogP contribution < -0.4 is 10.7 Å². The van der Waals surface area contributed by atoms with Crippen LogP contribution in [0.5, 0.6) is 0 Å². The molecule has 0 bridgehead atoms. The third-order valence-corrected chi connectivity index (χ3v) is 4.92. The Hall–Kier alpha value is -3.46. The first kappa shape index (κ1) is 21.3. The molecule has 3 rings (SSSR count). The zero-order chi connectivity index (χ0) is 21.2. The Labute approximate surface area is 179 Å². The molecule has 0 saturated heterocycles. The van der Waals surface area contributed by atoms with E-state index in [4.69, 9.17) is 0 Å². The molecule has 0 aliphatic carbocycles. The number of thioether (sulfide) groups is 1. The zero-order valence-corrected chi connectivity index (χ0v) is 17.5. The third-order valence-electron chi connectivity index (χ3n) is 3.96. The van der Waals surface area contributed by atoms with Crippen LogP contribution in [0.2, 0.25) is 0 Å². The van der Waals surface area contributed by atoms with Crippen LogP contribution in [0.3, 0.4) is 0 Å². The lowest BCUT2D eigenvalue weighted by Gasteiger charge is -2.09. The van der Waals surface area contributed by atoms with Crippen LogP contribution in [-0.2, 0) is 17.9 Å². The number of aromatic nitrogens is 4. The number of anilines is 1. The molecule has 0 radical (unpaired) electrons. The van der Waals surface area contributed by atoms with Gasteiger partial charge in [-0.3, -0.25) is 9.78 Å². The average molecular weight is 422 g/mol. The van der Waals surface area contributed by atoms with Crippen molar-refractivity contribution < 1.29 is 4.79 Å². The number of allylic oxidation sites excluding steroid dienone is 1. The quantitative estimate of drug-likeness (QED) is 0.226. The lowest BCUT2D eigenvalue weighted by molar-refractivity contribution is -0.118. The summed E-state index contributed by atoms with van der Waals surface area (Å²) in [6.45, 7) is 6.77. The molecule has 9 heteroatoms. The lowest BCUT2D eigenvalue weighted by atomic mass is 10.3. The minimum atomic E-state index is -0.235. The summed E-state index contributed by atoms with van der Waals surface area (Å²) in [5.41, 5.74) is 5.08. The van der Waals surface area contributed by atoms with Crippen LogP contribution in [0.25, 0.3) is 0 Å². The summed E-state index contributed by atoms with van der Waals surface area (Å²) in [5, 5.41) is 16.4. The molecule has 8 nitrogen and oxygen atoms in total. The van der Waals surface area contributed by atoms with Crippen LogP contribution in [0.1, 0.15) is 17.2 Å². The number of carbonyl (C=O) groups is 1. The Morgan fingerprint density at radius 2 is 2.03 bits per heavy atom. The standard InChI is InChI=1S/C21H23N7OS/c1-3-12-28-19(14-22-17-9-5-4-6-10-17)25-27-21(28)30-15-20(29)26-23-13-18-11-7-8-16(2)24-18/h3-11,13,22H,1,12,14-15H2,2H3,(H,26,29)/b23-13-. The molecule has 0 aliphatic rings. The molecule has 0 unspecified atom stereocenters. The number of hydrazone groups is 1. The molecular formula is C21H23N7OS. The molecule has 30 heavy (non-hydrogen) atoms. The summed E-state index contributed by atoms with van der Waals surface area (Å²) in [4.78, 5) is 16.4. The van der Waals surface area contributed by atoms with Gasteiger partial charge in [0, 0.05) is 17.9 Å². The predicted molar refractivity (Wildman–Crippen MR) is 119 cm³/mol. The maximum Gasteiger partial charge on any atom is 0.250 e. The van der Waals surface area contributed by atoms with Gasteiger partial charge in [0.15, 0.2) is 11.0 Å². The molecule has 1 aromatic carbocycles.